The second-order valence-corrected chi connectivity index (χ2v) is 3.39. The summed E-state index contributed by atoms with van der Waals surface area (Å²) in [5, 5.41) is 0.575. The maximum absolute atomic E-state index is 5.92. The number of anilines is 1. The third kappa shape index (κ3) is 1.70. The van der Waals surface area contributed by atoms with Gasteiger partial charge >= 0.3 is 0 Å². The molecule has 3 heteroatoms. The van der Waals surface area contributed by atoms with E-state index in [-0.39, 0.29) is 0 Å². The van der Waals surface area contributed by atoms with Gasteiger partial charge < -0.3 is 5.73 Å². The van der Waals surface area contributed by atoms with E-state index in [0.29, 0.717) is 10.7 Å². The third-order valence-corrected chi connectivity index (χ3v) is 2.32. The molecule has 0 fully saturated rings. The molecule has 0 radical (unpaired) electrons. The number of hydrogen-bond donors (Lipinski definition) is 1. The van der Waals surface area contributed by atoms with Crippen LogP contribution >= 0.6 is 11.6 Å². The highest BCUT2D eigenvalue weighted by Gasteiger charge is 2.00. The maximum Gasteiger partial charge on any atom is 0.0641 e. The van der Waals surface area contributed by atoms with Gasteiger partial charge in [0.1, 0.15) is 0 Å². The molecule has 2 N–H and O–H groups in total. The first-order chi connectivity index (χ1) is 6.77. The minimum absolute atomic E-state index is 0.575. The molecule has 0 bridgehead atoms. The van der Waals surface area contributed by atoms with Crippen LogP contribution in [0, 0.1) is 0 Å². The second kappa shape index (κ2) is 3.68. The van der Waals surface area contributed by atoms with E-state index >= 15 is 0 Å². The standard InChI is InChI=1S/C11H9ClN2/c12-10-6-8(3-4-11(10)13)9-2-1-5-14-7-9/h1-7H,13H2. The zero-order valence-electron chi connectivity index (χ0n) is 7.44. The molecule has 2 aromatic rings. The lowest BCUT2D eigenvalue weighted by Crippen LogP contribution is -1.86. The molecule has 1 aromatic heterocycles. The zero-order chi connectivity index (χ0) is 9.97. The zero-order valence-corrected chi connectivity index (χ0v) is 8.20. The number of halogens is 1. The average Bonchev–Trinajstić information content (AvgIpc) is 2.23. The normalized spacial score (nSPS) is 10.1. The van der Waals surface area contributed by atoms with Crippen LogP contribution < -0.4 is 5.73 Å². The molecule has 2 rings (SSSR count). The number of nitrogen functional groups attached to an aromatic ring is 1. The summed E-state index contributed by atoms with van der Waals surface area (Å²) in [4.78, 5) is 4.04. The van der Waals surface area contributed by atoms with Gasteiger partial charge in [0, 0.05) is 18.0 Å². The van der Waals surface area contributed by atoms with Crippen molar-refractivity contribution in [3.8, 4) is 11.1 Å². The summed E-state index contributed by atoms with van der Waals surface area (Å²) in [6, 6.07) is 9.44. The summed E-state index contributed by atoms with van der Waals surface area (Å²) in [6.07, 6.45) is 3.53. The number of nitrogens with zero attached hydrogens (tertiary/aromatic N) is 1. The van der Waals surface area contributed by atoms with Crippen LogP contribution in [0.1, 0.15) is 0 Å². The Bertz CT molecular complexity index is 440. The van der Waals surface area contributed by atoms with Crippen LogP contribution in [0.25, 0.3) is 11.1 Å². The minimum atomic E-state index is 0.575. The van der Waals surface area contributed by atoms with Crippen molar-refractivity contribution in [1.82, 2.24) is 4.98 Å². The van der Waals surface area contributed by atoms with Gasteiger partial charge in [-0.3, -0.25) is 4.98 Å². The third-order valence-electron chi connectivity index (χ3n) is 2.00. The van der Waals surface area contributed by atoms with Crippen LogP contribution in [0.3, 0.4) is 0 Å². The smallest absolute Gasteiger partial charge is 0.0641 e. The van der Waals surface area contributed by atoms with Crippen LogP contribution in [-0.2, 0) is 0 Å². The Morgan fingerprint density at radius 2 is 2.00 bits per heavy atom. The molecule has 70 valence electrons. The summed E-state index contributed by atoms with van der Waals surface area (Å²) >= 11 is 5.92. The van der Waals surface area contributed by atoms with Gasteiger partial charge in [0.15, 0.2) is 0 Å². The van der Waals surface area contributed by atoms with Crippen molar-refractivity contribution in [2.75, 3.05) is 5.73 Å². The van der Waals surface area contributed by atoms with Crippen LogP contribution in [0.5, 0.6) is 0 Å². The second-order valence-electron chi connectivity index (χ2n) is 2.98. The van der Waals surface area contributed by atoms with Crippen molar-refractivity contribution >= 4 is 17.3 Å². The van der Waals surface area contributed by atoms with Crippen molar-refractivity contribution in [3.05, 3.63) is 47.7 Å². The fourth-order valence-corrected chi connectivity index (χ4v) is 1.42. The summed E-state index contributed by atoms with van der Waals surface area (Å²) in [7, 11) is 0. The van der Waals surface area contributed by atoms with Gasteiger partial charge in [-0.25, -0.2) is 0 Å². The van der Waals surface area contributed by atoms with Crippen molar-refractivity contribution < 1.29 is 0 Å². The van der Waals surface area contributed by atoms with Crippen LogP contribution in [0.2, 0.25) is 5.02 Å². The molecule has 0 saturated carbocycles. The first-order valence-electron chi connectivity index (χ1n) is 4.23. The van der Waals surface area contributed by atoms with Gasteiger partial charge in [0.2, 0.25) is 0 Å². The molecule has 1 heterocycles. The van der Waals surface area contributed by atoms with Gasteiger partial charge in [0.25, 0.3) is 0 Å². The molecular weight excluding hydrogens is 196 g/mol. The molecule has 0 atom stereocenters. The Morgan fingerprint density at radius 1 is 1.14 bits per heavy atom. The highest BCUT2D eigenvalue weighted by atomic mass is 35.5. The van der Waals surface area contributed by atoms with Crippen molar-refractivity contribution in [1.29, 1.82) is 0 Å². The van der Waals surface area contributed by atoms with Gasteiger partial charge in [-0.15, -0.1) is 0 Å². The predicted octanol–water partition coefficient (Wildman–Crippen LogP) is 2.98. The van der Waals surface area contributed by atoms with Crippen molar-refractivity contribution in [3.63, 3.8) is 0 Å². The van der Waals surface area contributed by atoms with Gasteiger partial charge in [-0.2, -0.15) is 0 Å². The molecule has 0 unspecified atom stereocenters. The van der Waals surface area contributed by atoms with E-state index in [0.717, 1.165) is 11.1 Å². The fourth-order valence-electron chi connectivity index (χ4n) is 1.24. The highest BCUT2D eigenvalue weighted by molar-refractivity contribution is 6.33. The summed E-state index contributed by atoms with van der Waals surface area (Å²) in [6.45, 7) is 0. The lowest BCUT2D eigenvalue weighted by atomic mass is 10.1. The van der Waals surface area contributed by atoms with E-state index in [1.54, 1.807) is 18.5 Å². The van der Waals surface area contributed by atoms with E-state index in [9.17, 15) is 0 Å². The van der Waals surface area contributed by atoms with Gasteiger partial charge in [-0.05, 0) is 23.8 Å². The van der Waals surface area contributed by atoms with Crippen molar-refractivity contribution in [2.45, 2.75) is 0 Å². The molecule has 0 spiro atoms. The largest absolute Gasteiger partial charge is 0.398 e. The molecule has 0 amide bonds. The molecule has 14 heavy (non-hydrogen) atoms. The van der Waals surface area contributed by atoms with Crippen LogP contribution in [-0.4, -0.2) is 4.98 Å². The summed E-state index contributed by atoms with van der Waals surface area (Å²) < 4.78 is 0. The molecule has 0 aliphatic rings. The lowest BCUT2D eigenvalue weighted by Gasteiger charge is -2.03. The van der Waals surface area contributed by atoms with Gasteiger partial charge in [0.05, 0.1) is 10.7 Å². The van der Waals surface area contributed by atoms with E-state index in [1.807, 2.05) is 24.3 Å². The molecule has 0 aliphatic heterocycles. The number of rotatable bonds is 1. The maximum atomic E-state index is 5.92. The predicted molar refractivity (Wildman–Crippen MR) is 59.1 cm³/mol. The summed E-state index contributed by atoms with van der Waals surface area (Å²) in [5.41, 5.74) is 8.28. The van der Waals surface area contributed by atoms with Crippen LogP contribution in [0.4, 0.5) is 5.69 Å². The Balaban J connectivity index is 2.48. The number of aromatic nitrogens is 1. The van der Waals surface area contributed by atoms with E-state index in [4.69, 9.17) is 17.3 Å². The lowest BCUT2D eigenvalue weighted by molar-refractivity contribution is 1.33. The Morgan fingerprint density at radius 3 is 2.64 bits per heavy atom. The molecule has 0 aliphatic carbocycles. The average molecular weight is 205 g/mol. The monoisotopic (exact) mass is 204 g/mol. The minimum Gasteiger partial charge on any atom is -0.398 e. The Kier molecular flexibility index (Phi) is 2.37. The molecular formula is C11H9ClN2. The Labute approximate surface area is 87.4 Å². The first kappa shape index (κ1) is 9.03. The van der Waals surface area contributed by atoms with Crippen LogP contribution in [0.15, 0.2) is 42.7 Å². The molecule has 0 saturated heterocycles. The number of pyridine rings is 1. The van der Waals surface area contributed by atoms with E-state index < -0.39 is 0 Å². The first-order valence-corrected chi connectivity index (χ1v) is 4.60. The van der Waals surface area contributed by atoms with E-state index in [2.05, 4.69) is 4.98 Å². The number of benzene rings is 1. The topological polar surface area (TPSA) is 38.9 Å². The van der Waals surface area contributed by atoms with Crippen molar-refractivity contribution in [2.24, 2.45) is 0 Å². The molecule has 2 nitrogen and oxygen atoms in total. The summed E-state index contributed by atoms with van der Waals surface area (Å²) in [5.74, 6) is 0. The number of nitrogens with two attached hydrogens (primary N) is 1. The molecule has 1 aromatic carbocycles. The SMILES string of the molecule is Nc1ccc(-c2cccnc2)cc1Cl. The van der Waals surface area contributed by atoms with E-state index in [1.165, 1.54) is 0 Å². The highest BCUT2D eigenvalue weighted by Crippen LogP contribution is 2.26. The Hall–Kier alpha value is -1.54. The van der Waals surface area contributed by atoms with Gasteiger partial charge in [-0.1, -0.05) is 23.7 Å². The fraction of sp³-hybridized carbons (Fsp3) is 0. The quantitative estimate of drug-likeness (QED) is 0.726. The number of hydrogen-bond acceptors (Lipinski definition) is 2.